The highest BCUT2D eigenvalue weighted by Gasteiger charge is 2.07. The summed E-state index contributed by atoms with van der Waals surface area (Å²) in [4.78, 5) is 10.8. The van der Waals surface area contributed by atoms with E-state index in [1.54, 1.807) is 36.2 Å². The Morgan fingerprint density at radius 2 is 2.38 bits per heavy atom. The third kappa shape index (κ3) is 1.90. The summed E-state index contributed by atoms with van der Waals surface area (Å²) in [5.74, 6) is -0.929. The van der Waals surface area contributed by atoms with Gasteiger partial charge in [-0.1, -0.05) is 6.07 Å². The van der Waals surface area contributed by atoms with E-state index in [9.17, 15) is 4.79 Å². The summed E-state index contributed by atoms with van der Waals surface area (Å²) < 4.78 is 6.71. The van der Waals surface area contributed by atoms with Crippen LogP contribution in [-0.4, -0.2) is 34.6 Å². The van der Waals surface area contributed by atoms with Crippen LogP contribution in [0.2, 0.25) is 0 Å². The van der Waals surface area contributed by atoms with Crippen molar-refractivity contribution in [1.82, 2.24) is 9.78 Å². The van der Waals surface area contributed by atoms with Crippen LogP contribution in [0.25, 0.3) is 10.9 Å². The van der Waals surface area contributed by atoms with Crippen molar-refractivity contribution >= 4 is 16.9 Å². The molecular formula is C11H12N2O3. The molecule has 1 aromatic carbocycles. The van der Waals surface area contributed by atoms with Gasteiger partial charge in [0.15, 0.2) is 0 Å². The Morgan fingerprint density at radius 1 is 1.56 bits per heavy atom. The molecule has 0 atom stereocenters. The lowest BCUT2D eigenvalue weighted by Crippen LogP contribution is -2.06. The molecule has 0 spiro atoms. The van der Waals surface area contributed by atoms with Gasteiger partial charge in [0.1, 0.15) is 0 Å². The zero-order chi connectivity index (χ0) is 11.5. The average Bonchev–Trinajstić information content (AvgIpc) is 2.68. The highest BCUT2D eigenvalue weighted by atomic mass is 16.5. The number of benzene rings is 1. The molecule has 16 heavy (non-hydrogen) atoms. The lowest BCUT2D eigenvalue weighted by Gasteiger charge is -2.02. The predicted octanol–water partition coefficient (Wildman–Crippen LogP) is 1.38. The molecule has 0 bridgehead atoms. The molecule has 84 valence electrons. The molecule has 0 aliphatic carbocycles. The van der Waals surface area contributed by atoms with Crippen molar-refractivity contribution in [2.75, 3.05) is 13.7 Å². The van der Waals surface area contributed by atoms with Crippen LogP contribution in [0.3, 0.4) is 0 Å². The van der Waals surface area contributed by atoms with Gasteiger partial charge in [0, 0.05) is 12.5 Å². The number of aromatic carboxylic acids is 1. The zero-order valence-corrected chi connectivity index (χ0v) is 8.88. The number of carboxylic acid groups (broad SMARTS) is 1. The molecule has 0 saturated carbocycles. The van der Waals surface area contributed by atoms with Gasteiger partial charge < -0.3 is 9.84 Å². The topological polar surface area (TPSA) is 64.4 Å². The first-order valence-electron chi connectivity index (χ1n) is 4.90. The first kappa shape index (κ1) is 10.6. The third-order valence-electron chi connectivity index (χ3n) is 2.40. The molecule has 0 fully saturated rings. The second kappa shape index (κ2) is 4.32. The predicted molar refractivity (Wildman–Crippen MR) is 58.6 cm³/mol. The Morgan fingerprint density at radius 3 is 3.06 bits per heavy atom. The zero-order valence-electron chi connectivity index (χ0n) is 8.88. The number of carboxylic acids is 1. The molecule has 2 rings (SSSR count). The standard InChI is InChI=1S/C11H12N2O3/c1-16-5-4-13-10-6-8(11(14)15)2-3-9(10)7-12-13/h2-3,6-7H,4-5H2,1H3,(H,14,15). The van der Waals surface area contributed by atoms with Gasteiger partial charge in [-0.2, -0.15) is 5.10 Å². The van der Waals surface area contributed by atoms with E-state index in [4.69, 9.17) is 9.84 Å². The summed E-state index contributed by atoms with van der Waals surface area (Å²) in [6.07, 6.45) is 1.72. The summed E-state index contributed by atoms with van der Waals surface area (Å²) >= 11 is 0. The number of ether oxygens (including phenoxy) is 1. The smallest absolute Gasteiger partial charge is 0.335 e. The van der Waals surface area contributed by atoms with Crippen molar-refractivity contribution < 1.29 is 14.6 Å². The van der Waals surface area contributed by atoms with Crippen LogP contribution in [0.5, 0.6) is 0 Å². The fourth-order valence-electron chi connectivity index (χ4n) is 1.56. The van der Waals surface area contributed by atoms with E-state index in [0.717, 1.165) is 10.9 Å². The maximum absolute atomic E-state index is 10.8. The number of rotatable bonds is 4. The maximum atomic E-state index is 10.8. The van der Waals surface area contributed by atoms with E-state index in [-0.39, 0.29) is 5.56 Å². The van der Waals surface area contributed by atoms with Crippen molar-refractivity contribution in [3.63, 3.8) is 0 Å². The summed E-state index contributed by atoms with van der Waals surface area (Å²) in [6.45, 7) is 1.16. The Bertz CT molecular complexity index is 519. The van der Waals surface area contributed by atoms with Crippen LogP contribution < -0.4 is 0 Å². The minimum absolute atomic E-state index is 0.270. The van der Waals surface area contributed by atoms with Gasteiger partial charge in [0.05, 0.1) is 30.4 Å². The molecule has 0 amide bonds. The highest BCUT2D eigenvalue weighted by molar-refractivity contribution is 5.93. The summed E-state index contributed by atoms with van der Waals surface area (Å²) in [5.41, 5.74) is 1.09. The van der Waals surface area contributed by atoms with Crippen molar-refractivity contribution in [3.05, 3.63) is 30.0 Å². The van der Waals surface area contributed by atoms with Crippen molar-refractivity contribution in [2.45, 2.75) is 6.54 Å². The fourth-order valence-corrected chi connectivity index (χ4v) is 1.56. The molecule has 5 heteroatoms. The van der Waals surface area contributed by atoms with Gasteiger partial charge in [0.2, 0.25) is 0 Å². The normalized spacial score (nSPS) is 10.8. The van der Waals surface area contributed by atoms with Crippen LogP contribution in [0, 0.1) is 0 Å². The van der Waals surface area contributed by atoms with Crippen molar-refractivity contribution in [3.8, 4) is 0 Å². The molecule has 1 aromatic heterocycles. The van der Waals surface area contributed by atoms with E-state index in [2.05, 4.69) is 5.10 Å². The number of nitrogens with zero attached hydrogens (tertiary/aromatic N) is 2. The number of hydrogen-bond acceptors (Lipinski definition) is 3. The van der Waals surface area contributed by atoms with Crippen molar-refractivity contribution in [1.29, 1.82) is 0 Å². The number of hydrogen-bond donors (Lipinski definition) is 1. The number of methoxy groups -OCH3 is 1. The highest BCUT2D eigenvalue weighted by Crippen LogP contribution is 2.15. The Kier molecular flexibility index (Phi) is 2.87. The number of aromatic nitrogens is 2. The minimum atomic E-state index is -0.929. The number of fused-ring (bicyclic) bond motifs is 1. The molecule has 1 heterocycles. The molecular weight excluding hydrogens is 208 g/mol. The summed E-state index contributed by atoms with van der Waals surface area (Å²) in [6, 6.07) is 4.96. The first-order chi connectivity index (χ1) is 7.72. The monoisotopic (exact) mass is 220 g/mol. The lowest BCUT2D eigenvalue weighted by atomic mass is 10.2. The van der Waals surface area contributed by atoms with Gasteiger partial charge in [-0.15, -0.1) is 0 Å². The third-order valence-corrected chi connectivity index (χ3v) is 2.40. The van der Waals surface area contributed by atoms with Crippen LogP contribution >= 0.6 is 0 Å². The minimum Gasteiger partial charge on any atom is -0.478 e. The fraction of sp³-hybridized carbons (Fsp3) is 0.273. The molecule has 0 radical (unpaired) electrons. The van der Waals surface area contributed by atoms with E-state index >= 15 is 0 Å². The quantitative estimate of drug-likeness (QED) is 0.845. The molecule has 0 aliphatic heterocycles. The Hall–Kier alpha value is -1.88. The molecule has 0 aliphatic rings. The second-order valence-corrected chi connectivity index (χ2v) is 3.44. The van der Waals surface area contributed by atoms with Crippen LogP contribution in [-0.2, 0) is 11.3 Å². The SMILES string of the molecule is COCCn1ncc2ccc(C(=O)O)cc21. The molecule has 5 nitrogen and oxygen atoms in total. The van der Waals surface area contributed by atoms with E-state index in [0.29, 0.717) is 13.2 Å². The maximum Gasteiger partial charge on any atom is 0.335 e. The summed E-state index contributed by atoms with van der Waals surface area (Å²) in [5, 5.41) is 14.0. The Balaban J connectivity index is 2.43. The lowest BCUT2D eigenvalue weighted by molar-refractivity contribution is 0.0697. The van der Waals surface area contributed by atoms with Gasteiger partial charge >= 0.3 is 5.97 Å². The molecule has 2 aromatic rings. The first-order valence-corrected chi connectivity index (χ1v) is 4.90. The van der Waals surface area contributed by atoms with E-state index < -0.39 is 5.97 Å². The number of carbonyl (C=O) groups is 1. The summed E-state index contributed by atoms with van der Waals surface area (Å²) in [7, 11) is 1.62. The van der Waals surface area contributed by atoms with Gasteiger partial charge in [-0.25, -0.2) is 4.79 Å². The molecule has 1 N–H and O–H groups in total. The van der Waals surface area contributed by atoms with Gasteiger partial charge in [-0.3, -0.25) is 4.68 Å². The van der Waals surface area contributed by atoms with Crippen molar-refractivity contribution in [2.24, 2.45) is 0 Å². The van der Waals surface area contributed by atoms with E-state index in [1.165, 1.54) is 0 Å². The van der Waals surface area contributed by atoms with Gasteiger partial charge in [-0.05, 0) is 12.1 Å². The largest absolute Gasteiger partial charge is 0.478 e. The average molecular weight is 220 g/mol. The van der Waals surface area contributed by atoms with Crippen LogP contribution in [0.4, 0.5) is 0 Å². The van der Waals surface area contributed by atoms with Gasteiger partial charge in [0.25, 0.3) is 0 Å². The molecule has 0 unspecified atom stereocenters. The Labute approximate surface area is 92.2 Å². The molecule has 0 saturated heterocycles. The van der Waals surface area contributed by atoms with E-state index in [1.807, 2.05) is 0 Å². The second-order valence-electron chi connectivity index (χ2n) is 3.44. The van der Waals surface area contributed by atoms with Crippen LogP contribution in [0.15, 0.2) is 24.4 Å². The van der Waals surface area contributed by atoms with Crippen LogP contribution in [0.1, 0.15) is 10.4 Å².